The Bertz CT molecular complexity index is 2040. The Morgan fingerprint density at radius 1 is 0.478 bits per heavy atom. The van der Waals surface area contributed by atoms with E-state index in [1.807, 2.05) is 0 Å². The highest BCUT2D eigenvalue weighted by atomic mass is 15.1. The molecule has 0 fully saturated rings. The average molecular weight is 592 g/mol. The quantitative estimate of drug-likeness (QED) is 0.186. The van der Waals surface area contributed by atoms with Crippen LogP contribution in [-0.4, -0.2) is 0 Å². The summed E-state index contributed by atoms with van der Waals surface area (Å²) in [7, 11) is 0. The van der Waals surface area contributed by atoms with Gasteiger partial charge in [0.25, 0.3) is 0 Å². The van der Waals surface area contributed by atoms with Crippen molar-refractivity contribution < 1.29 is 0 Å². The number of para-hydroxylation sites is 2. The highest BCUT2D eigenvalue weighted by Gasteiger charge is 2.37. The lowest BCUT2D eigenvalue weighted by Crippen LogP contribution is -2.16. The smallest absolute Gasteiger partial charge is 0.0462 e. The summed E-state index contributed by atoms with van der Waals surface area (Å²) in [5.74, 6) is 0. The molecule has 6 aromatic carbocycles. The summed E-state index contributed by atoms with van der Waals surface area (Å²) < 4.78 is 0. The number of rotatable bonds is 6. The van der Waals surface area contributed by atoms with Crippen LogP contribution >= 0.6 is 0 Å². The summed E-state index contributed by atoms with van der Waals surface area (Å²) in [6.07, 6.45) is 6.98. The molecule has 0 radical (unpaired) electrons. The molecule has 0 saturated carbocycles. The highest BCUT2D eigenvalue weighted by molar-refractivity contribution is 5.87. The van der Waals surface area contributed by atoms with Crippen molar-refractivity contribution in [1.82, 2.24) is 0 Å². The Morgan fingerprint density at radius 3 is 1.59 bits per heavy atom. The van der Waals surface area contributed by atoms with E-state index in [1.165, 1.54) is 55.7 Å². The molecular formula is C45H37N. The Hall–Kier alpha value is -5.40. The van der Waals surface area contributed by atoms with E-state index in [9.17, 15) is 0 Å². The molecule has 0 saturated heterocycles. The van der Waals surface area contributed by atoms with E-state index in [2.05, 4.69) is 183 Å². The lowest BCUT2D eigenvalue weighted by Gasteiger charge is -2.25. The minimum Gasteiger partial charge on any atom is -0.311 e. The SMILES string of the molecule is CC1(C)C2=C(CCC=C2)c2ccc(-c3cc(-c4ccccc4)cc(-c4ccc(N(c5ccccc5)c5ccccc5)cc4)c3)cc21. The molecule has 6 aromatic rings. The van der Waals surface area contributed by atoms with Crippen LogP contribution in [0.15, 0.2) is 169 Å². The van der Waals surface area contributed by atoms with Crippen LogP contribution in [0, 0.1) is 0 Å². The molecule has 0 N–H and O–H groups in total. The minimum atomic E-state index is 0.0106. The monoisotopic (exact) mass is 591 g/mol. The van der Waals surface area contributed by atoms with E-state index in [-0.39, 0.29) is 5.41 Å². The largest absolute Gasteiger partial charge is 0.311 e. The van der Waals surface area contributed by atoms with E-state index in [0.29, 0.717) is 0 Å². The maximum Gasteiger partial charge on any atom is 0.0462 e. The number of benzene rings is 6. The van der Waals surface area contributed by atoms with E-state index in [1.54, 1.807) is 0 Å². The zero-order valence-corrected chi connectivity index (χ0v) is 26.4. The first kappa shape index (κ1) is 28.1. The fraction of sp³-hybridized carbons (Fsp3) is 0.111. The van der Waals surface area contributed by atoms with Gasteiger partial charge in [0.2, 0.25) is 0 Å². The predicted molar refractivity (Wildman–Crippen MR) is 196 cm³/mol. The van der Waals surface area contributed by atoms with Gasteiger partial charge >= 0.3 is 0 Å². The number of allylic oxidation sites excluding steroid dienone is 4. The summed E-state index contributed by atoms with van der Waals surface area (Å²) >= 11 is 0. The standard InChI is InChI=1S/C45H37N/c1-45(2)43-21-13-12-20-41(43)42-27-24-34(31-44(42)45)37-29-35(32-14-6-3-7-15-32)28-36(30-37)33-22-25-40(26-23-33)46(38-16-8-4-9-17-38)39-18-10-5-11-19-39/h3-11,13-19,21-31H,12,20H2,1-2H3. The van der Waals surface area contributed by atoms with Gasteiger partial charge in [0.05, 0.1) is 0 Å². The van der Waals surface area contributed by atoms with Crippen molar-refractivity contribution in [2.75, 3.05) is 4.90 Å². The van der Waals surface area contributed by atoms with Gasteiger partial charge in [-0.15, -0.1) is 0 Å². The third-order valence-corrected chi connectivity index (χ3v) is 9.72. The van der Waals surface area contributed by atoms with Crippen molar-refractivity contribution in [3.8, 4) is 33.4 Å². The summed E-state index contributed by atoms with van der Waals surface area (Å²) in [4.78, 5) is 2.31. The van der Waals surface area contributed by atoms with Gasteiger partial charge in [0.15, 0.2) is 0 Å². The third kappa shape index (κ3) is 4.99. The minimum absolute atomic E-state index is 0.0106. The Morgan fingerprint density at radius 2 is 0.978 bits per heavy atom. The van der Waals surface area contributed by atoms with Crippen molar-refractivity contribution in [2.24, 2.45) is 0 Å². The van der Waals surface area contributed by atoms with Crippen molar-refractivity contribution in [3.63, 3.8) is 0 Å². The maximum absolute atomic E-state index is 2.45. The Balaban J connectivity index is 1.22. The second kappa shape index (κ2) is 11.5. The molecule has 0 spiro atoms. The average Bonchev–Trinajstić information content (AvgIpc) is 3.35. The maximum atomic E-state index is 2.45. The second-order valence-electron chi connectivity index (χ2n) is 12.9. The number of hydrogen-bond donors (Lipinski definition) is 0. The van der Waals surface area contributed by atoms with Crippen LogP contribution in [0.5, 0.6) is 0 Å². The Kier molecular flexibility index (Phi) is 7.03. The normalized spacial score (nSPS) is 14.6. The molecule has 0 aromatic heterocycles. The topological polar surface area (TPSA) is 3.24 Å². The fourth-order valence-corrected chi connectivity index (χ4v) is 7.34. The molecule has 0 unspecified atom stereocenters. The van der Waals surface area contributed by atoms with Crippen LogP contribution < -0.4 is 4.90 Å². The molecule has 0 aliphatic heterocycles. The molecule has 0 amide bonds. The first-order chi connectivity index (χ1) is 22.6. The van der Waals surface area contributed by atoms with Gasteiger partial charge in [-0.05, 0) is 129 Å². The van der Waals surface area contributed by atoms with Crippen LogP contribution in [0.1, 0.15) is 37.8 Å². The van der Waals surface area contributed by atoms with Gasteiger partial charge in [0.1, 0.15) is 0 Å². The van der Waals surface area contributed by atoms with Crippen LogP contribution in [0.25, 0.3) is 39.0 Å². The molecule has 222 valence electrons. The van der Waals surface area contributed by atoms with Gasteiger partial charge in [-0.25, -0.2) is 0 Å². The van der Waals surface area contributed by atoms with E-state index < -0.39 is 0 Å². The third-order valence-electron chi connectivity index (χ3n) is 9.72. The lowest BCUT2D eigenvalue weighted by atomic mass is 9.79. The van der Waals surface area contributed by atoms with E-state index in [4.69, 9.17) is 0 Å². The highest BCUT2D eigenvalue weighted by Crippen LogP contribution is 2.51. The number of nitrogens with zero attached hydrogens (tertiary/aromatic N) is 1. The predicted octanol–water partition coefficient (Wildman–Crippen LogP) is 12.6. The Labute approximate surface area is 272 Å². The van der Waals surface area contributed by atoms with Crippen LogP contribution in [0.4, 0.5) is 17.1 Å². The first-order valence-corrected chi connectivity index (χ1v) is 16.3. The number of anilines is 3. The lowest BCUT2D eigenvalue weighted by molar-refractivity contribution is 0.651. The van der Waals surface area contributed by atoms with Gasteiger partial charge in [-0.2, -0.15) is 0 Å². The van der Waals surface area contributed by atoms with Crippen LogP contribution in [0.2, 0.25) is 0 Å². The zero-order valence-electron chi connectivity index (χ0n) is 26.4. The summed E-state index contributed by atoms with van der Waals surface area (Å²) in [5.41, 5.74) is 16.7. The molecule has 0 atom stereocenters. The molecule has 8 rings (SSSR count). The molecule has 0 bridgehead atoms. The molecule has 0 heterocycles. The fourth-order valence-electron chi connectivity index (χ4n) is 7.34. The molecule has 1 nitrogen and oxygen atoms in total. The molecule has 2 aliphatic rings. The zero-order chi connectivity index (χ0) is 31.1. The summed E-state index contributed by atoms with van der Waals surface area (Å²) in [6, 6.07) is 55.1. The first-order valence-electron chi connectivity index (χ1n) is 16.3. The van der Waals surface area contributed by atoms with Crippen molar-refractivity contribution in [3.05, 3.63) is 181 Å². The molecular weight excluding hydrogens is 555 g/mol. The molecule has 1 heteroatoms. The van der Waals surface area contributed by atoms with E-state index >= 15 is 0 Å². The van der Waals surface area contributed by atoms with Gasteiger partial charge in [0, 0.05) is 22.5 Å². The number of fused-ring (bicyclic) bond motifs is 2. The van der Waals surface area contributed by atoms with Gasteiger partial charge in [-0.1, -0.05) is 117 Å². The summed E-state index contributed by atoms with van der Waals surface area (Å²) in [5, 5.41) is 0. The molecule has 2 aliphatic carbocycles. The van der Waals surface area contributed by atoms with Crippen LogP contribution in [0.3, 0.4) is 0 Å². The van der Waals surface area contributed by atoms with Crippen molar-refractivity contribution in [2.45, 2.75) is 32.1 Å². The van der Waals surface area contributed by atoms with Crippen molar-refractivity contribution >= 4 is 22.6 Å². The summed E-state index contributed by atoms with van der Waals surface area (Å²) in [6.45, 7) is 4.77. The second-order valence-corrected chi connectivity index (χ2v) is 12.9. The van der Waals surface area contributed by atoms with Gasteiger partial charge < -0.3 is 4.90 Å². The van der Waals surface area contributed by atoms with Gasteiger partial charge in [-0.3, -0.25) is 0 Å². The van der Waals surface area contributed by atoms with Crippen molar-refractivity contribution in [1.29, 1.82) is 0 Å². The molecule has 46 heavy (non-hydrogen) atoms. The number of hydrogen-bond acceptors (Lipinski definition) is 1. The van der Waals surface area contributed by atoms with E-state index in [0.717, 1.165) is 29.9 Å². The van der Waals surface area contributed by atoms with Crippen LogP contribution in [-0.2, 0) is 5.41 Å².